The van der Waals surface area contributed by atoms with Crippen molar-refractivity contribution < 1.29 is 55.0 Å². The van der Waals surface area contributed by atoms with E-state index in [0.29, 0.717) is 0 Å². The van der Waals surface area contributed by atoms with Crippen LogP contribution in [0.25, 0.3) is 0 Å². The Hall–Kier alpha value is -0.121. The maximum atomic E-state index is 7.15. The predicted molar refractivity (Wildman–Crippen MR) is 317 cm³/mol. The van der Waals surface area contributed by atoms with Gasteiger partial charge < -0.3 is 37.9 Å². The second kappa shape index (κ2) is 34.6. The van der Waals surface area contributed by atoms with Crippen LogP contribution in [0.4, 0.5) is 0 Å². The summed E-state index contributed by atoms with van der Waals surface area (Å²) in [4.78, 5) is 0. The Morgan fingerprint density at radius 1 is 0.210 bits per heavy atom. The van der Waals surface area contributed by atoms with Crippen LogP contribution in [0.15, 0.2) is 0 Å². The van der Waals surface area contributed by atoms with Gasteiger partial charge in [-0.3, -0.25) is 42.5 Å². The Balaban J connectivity index is 0.00000860. The molecular formula is C64H120CuN8O8. The zero-order valence-electron chi connectivity index (χ0n) is 52.1. The maximum Gasteiger partial charge on any atom is 0.0654 e. The summed E-state index contributed by atoms with van der Waals surface area (Å²) in [6.45, 7) is 24.5. The molecule has 5 saturated heterocycles. The number of fused-ring (bicyclic) bond motifs is 20. The molecule has 9 aliphatic rings. The number of unbranched alkanes of at least 4 members (excludes halogenated alkanes) is 8. The molecule has 17 heteroatoms. The van der Waals surface area contributed by atoms with Crippen LogP contribution in [0.2, 0.25) is 0 Å². The van der Waals surface area contributed by atoms with Crippen molar-refractivity contribution in [2.75, 3.05) is 52.9 Å². The zero-order chi connectivity index (χ0) is 55.8. The fraction of sp³-hybridized carbons (Fsp3) is 1.00. The van der Waals surface area contributed by atoms with E-state index in [9.17, 15) is 0 Å². The molecule has 0 spiro atoms. The minimum Gasteiger partial charge on any atom is -0.378 e. The molecule has 4 saturated carbocycles. The predicted octanol–water partition coefficient (Wildman–Crippen LogP) is 8.96. The molecule has 8 N–H and O–H groups in total. The molecule has 8 bridgehead atoms. The molecule has 0 amide bonds. The third-order valence-corrected chi connectivity index (χ3v) is 20.7. The van der Waals surface area contributed by atoms with E-state index in [1.54, 1.807) is 0 Å². The molecular weight excluding hydrogens is 1070 g/mol. The molecule has 475 valence electrons. The van der Waals surface area contributed by atoms with Crippen LogP contribution >= 0.6 is 0 Å². The first-order valence-electron chi connectivity index (χ1n) is 34.4. The van der Waals surface area contributed by atoms with Gasteiger partial charge in [0.05, 0.1) is 98.2 Å². The van der Waals surface area contributed by atoms with Gasteiger partial charge in [0.1, 0.15) is 0 Å². The van der Waals surface area contributed by atoms with Crippen LogP contribution in [0, 0.1) is 47.3 Å². The van der Waals surface area contributed by atoms with Gasteiger partial charge in [-0.2, -0.15) is 0 Å². The Kier molecular flexibility index (Phi) is 28.5. The summed E-state index contributed by atoms with van der Waals surface area (Å²) in [7, 11) is 0. The Bertz CT molecular complexity index is 1390. The minimum absolute atomic E-state index is 0. The van der Waals surface area contributed by atoms with Crippen molar-refractivity contribution in [3.05, 3.63) is 0 Å². The van der Waals surface area contributed by atoms with E-state index in [-0.39, 0.29) is 163 Å². The summed E-state index contributed by atoms with van der Waals surface area (Å²) in [6.07, 6.45) is 25.6. The molecule has 81 heavy (non-hydrogen) atoms. The molecule has 16 nitrogen and oxygen atoms in total. The summed E-state index contributed by atoms with van der Waals surface area (Å²) < 4.78 is 57.2. The molecule has 16 atom stereocenters. The van der Waals surface area contributed by atoms with E-state index in [1.807, 2.05) is 0 Å². The zero-order valence-corrected chi connectivity index (χ0v) is 53.0. The standard InChI is InChI=1S/C64H120N8O8.Cu/c1-9-17-33-73-41-25-26-42(74-34-18-10-2)50-49(41)57-65-58(50)70-60-53-45(77-37-21-13-5)29-30-46(78-38-22-14-6)54(53)62(67-60)72-64-56-48(80-40-24-16-8)32-31-47(79-39-23-15-7)55(56)63(68-64)71-61-52-44(76-36-20-12-4)28-27-43(75-35-19-11-3)51(52)59(66-61)69-57;/h41-72H,9-40H2,1-8H3;. The molecule has 16 unspecified atom stereocenters. The molecule has 0 aromatic heterocycles. The summed E-state index contributed by atoms with van der Waals surface area (Å²) >= 11 is 0. The minimum atomic E-state index is -0.0579. The Morgan fingerprint density at radius 2 is 0.321 bits per heavy atom. The van der Waals surface area contributed by atoms with Crippen LogP contribution in [0.5, 0.6) is 0 Å². The SMILES string of the molecule is CCCCOC1CCC(OCCCC)C2C3NC(NC4NC(NC5NC(NC6NC(N3)C3C(OCCCC)CCC(OCCCC)C63)C3C(OCCCC)CCC(OCCCC)C53)C3C(OCCCC)CCC(OCCCC)C43)C12.[Cu]. The van der Waals surface area contributed by atoms with Crippen LogP contribution < -0.4 is 42.5 Å². The smallest absolute Gasteiger partial charge is 0.0654 e. The molecule has 1 radical (unpaired) electrons. The van der Waals surface area contributed by atoms with Crippen LogP contribution in [-0.4, -0.2) is 151 Å². The molecule has 5 aliphatic heterocycles. The van der Waals surface area contributed by atoms with Crippen molar-refractivity contribution in [2.24, 2.45) is 47.3 Å². The topological polar surface area (TPSA) is 170 Å². The van der Waals surface area contributed by atoms with Gasteiger partial charge in [0, 0.05) is 117 Å². The number of rotatable bonds is 32. The van der Waals surface area contributed by atoms with Crippen LogP contribution in [0.1, 0.15) is 209 Å². The van der Waals surface area contributed by atoms with E-state index >= 15 is 0 Å². The third-order valence-electron chi connectivity index (χ3n) is 20.7. The first-order chi connectivity index (χ1) is 39.4. The first-order valence-corrected chi connectivity index (χ1v) is 34.4. The average Bonchev–Trinajstić information content (AvgIpc) is 4.36. The van der Waals surface area contributed by atoms with Gasteiger partial charge in [0.25, 0.3) is 0 Å². The second-order valence-corrected chi connectivity index (χ2v) is 26.2. The van der Waals surface area contributed by atoms with Crippen LogP contribution in [-0.2, 0) is 55.0 Å². The average molecular weight is 1190 g/mol. The number of hydrogen-bond acceptors (Lipinski definition) is 16. The van der Waals surface area contributed by atoms with E-state index < -0.39 is 0 Å². The summed E-state index contributed by atoms with van der Waals surface area (Å²) in [5.74, 6) is 1.32. The quantitative estimate of drug-likeness (QED) is 0.0237. The fourth-order valence-electron chi connectivity index (χ4n) is 16.6. The van der Waals surface area contributed by atoms with Gasteiger partial charge >= 0.3 is 0 Å². The van der Waals surface area contributed by atoms with Gasteiger partial charge in [-0.1, -0.05) is 107 Å². The molecule has 0 aromatic rings. The fourth-order valence-corrected chi connectivity index (χ4v) is 16.6. The van der Waals surface area contributed by atoms with E-state index in [4.69, 9.17) is 37.9 Å². The number of hydrogen-bond donors (Lipinski definition) is 8. The number of nitrogens with one attached hydrogen (secondary N) is 8. The summed E-state index contributed by atoms with van der Waals surface area (Å²) in [5.41, 5.74) is 0. The molecule has 0 aromatic carbocycles. The largest absolute Gasteiger partial charge is 0.378 e. The van der Waals surface area contributed by atoms with E-state index in [0.717, 1.165) is 207 Å². The monoisotopic (exact) mass is 1190 g/mol. The van der Waals surface area contributed by atoms with Gasteiger partial charge in [-0.25, -0.2) is 0 Å². The third kappa shape index (κ3) is 16.4. The van der Waals surface area contributed by atoms with E-state index in [2.05, 4.69) is 97.9 Å². The summed E-state index contributed by atoms with van der Waals surface area (Å²) in [6, 6.07) is 0. The maximum absolute atomic E-state index is 7.15. The van der Waals surface area contributed by atoms with E-state index in [1.165, 1.54) is 0 Å². The molecule has 9 fully saturated rings. The van der Waals surface area contributed by atoms with Gasteiger partial charge in [0.15, 0.2) is 0 Å². The summed E-state index contributed by atoms with van der Waals surface area (Å²) in [5, 5.41) is 35.5. The first kappa shape index (κ1) is 66.8. The van der Waals surface area contributed by atoms with Crippen molar-refractivity contribution >= 4 is 0 Å². The van der Waals surface area contributed by atoms with Crippen molar-refractivity contribution in [3.63, 3.8) is 0 Å². The van der Waals surface area contributed by atoms with Crippen molar-refractivity contribution in [2.45, 2.75) is 308 Å². The van der Waals surface area contributed by atoms with Crippen LogP contribution in [0.3, 0.4) is 0 Å². The normalized spacial score (nSPS) is 41.8. The Labute approximate surface area is 503 Å². The molecule has 9 rings (SSSR count). The van der Waals surface area contributed by atoms with Crippen molar-refractivity contribution in [3.8, 4) is 0 Å². The number of ether oxygens (including phenoxy) is 8. The van der Waals surface area contributed by atoms with Crippen molar-refractivity contribution in [1.29, 1.82) is 0 Å². The van der Waals surface area contributed by atoms with Gasteiger partial charge in [-0.05, 0) is 103 Å². The molecule has 5 heterocycles. The van der Waals surface area contributed by atoms with Gasteiger partial charge in [-0.15, -0.1) is 0 Å². The van der Waals surface area contributed by atoms with Crippen molar-refractivity contribution in [1.82, 2.24) is 42.5 Å². The second-order valence-electron chi connectivity index (χ2n) is 26.2. The Morgan fingerprint density at radius 3 is 0.420 bits per heavy atom. The van der Waals surface area contributed by atoms with Gasteiger partial charge in [0.2, 0.25) is 0 Å². The molecule has 4 aliphatic carbocycles.